The lowest BCUT2D eigenvalue weighted by Gasteiger charge is -2.33. The molecule has 0 atom stereocenters. The summed E-state index contributed by atoms with van der Waals surface area (Å²) in [5.74, 6) is 0.473. The monoisotopic (exact) mass is 415 g/mol. The average Bonchev–Trinajstić information content (AvgIpc) is 3.17. The molecule has 2 aromatic rings. The maximum Gasteiger partial charge on any atom is 0.240 e. The van der Waals surface area contributed by atoms with E-state index >= 15 is 0 Å². The van der Waals surface area contributed by atoms with Gasteiger partial charge in [-0.2, -0.15) is 0 Å². The van der Waals surface area contributed by atoms with Gasteiger partial charge >= 0.3 is 0 Å². The summed E-state index contributed by atoms with van der Waals surface area (Å²) in [5, 5.41) is 8.42. The number of carbonyl (C=O) groups excluding carboxylic acids is 2. The molecule has 7 nitrogen and oxygen atoms in total. The molecule has 2 amide bonds. The summed E-state index contributed by atoms with van der Waals surface area (Å²) < 4.78 is 0. The number of aromatic nitrogens is 1. The lowest BCUT2D eigenvalue weighted by Crippen LogP contribution is -2.51. The first-order valence-electron chi connectivity index (χ1n) is 10.0. The van der Waals surface area contributed by atoms with Gasteiger partial charge in [-0.1, -0.05) is 44.2 Å². The van der Waals surface area contributed by atoms with Crippen LogP contribution in [0.2, 0.25) is 0 Å². The van der Waals surface area contributed by atoms with Gasteiger partial charge in [0.25, 0.3) is 0 Å². The Balaban J connectivity index is 1.39. The maximum absolute atomic E-state index is 12.4. The Morgan fingerprint density at radius 1 is 1.03 bits per heavy atom. The molecule has 0 saturated carbocycles. The fourth-order valence-electron chi connectivity index (χ4n) is 3.12. The Labute approximate surface area is 176 Å². The second-order valence-corrected chi connectivity index (χ2v) is 8.56. The molecule has 1 fully saturated rings. The van der Waals surface area contributed by atoms with E-state index < -0.39 is 0 Å². The molecule has 1 aliphatic heterocycles. The number of nitrogens with zero attached hydrogens (tertiary/aromatic N) is 3. The number of nitrogens with one attached hydrogen (secondary N) is 2. The third kappa shape index (κ3) is 6.92. The van der Waals surface area contributed by atoms with Gasteiger partial charge < -0.3 is 10.6 Å². The summed E-state index contributed by atoms with van der Waals surface area (Å²) in [6.45, 7) is 8.77. The summed E-state index contributed by atoms with van der Waals surface area (Å²) in [6.07, 6.45) is 0. The zero-order chi connectivity index (χ0) is 20.6. The Bertz CT molecular complexity index is 800. The molecule has 29 heavy (non-hydrogen) atoms. The molecule has 0 spiro atoms. The van der Waals surface area contributed by atoms with Gasteiger partial charge in [-0.3, -0.25) is 19.4 Å². The summed E-state index contributed by atoms with van der Waals surface area (Å²) >= 11 is 1.43. The first kappa shape index (κ1) is 21.4. The van der Waals surface area contributed by atoms with Crippen molar-refractivity contribution in [3.63, 3.8) is 0 Å². The van der Waals surface area contributed by atoms with E-state index in [0.29, 0.717) is 30.7 Å². The van der Waals surface area contributed by atoms with Gasteiger partial charge in [0.05, 0.1) is 18.8 Å². The van der Waals surface area contributed by atoms with Crippen molar-refractivity contribution in [3.05, 3.63) is 35.7 Å². The molecule has 0 aliphatic carbocycles. The van der Waals surface area contributed by atoms with Crippen LogP contribution in [0.1, 0.15) is 13.8 Å². The lowest BCUT2D eigenvalue weighted by atomic mass is 10.2. The highest BCUT2D eigenvalue weighted by atomic mass is 32.1. The van der Waals surface area contributed by atoms with Crippen molar-refractivity contribution in [1.82, 2.24) is 20.1 Å². The zero-order valence-corrected chi connectivity index (χ0v) is 17.9. The van der Waals surface area contributed by atoms with E-state index in [4.69, 9.17) is 0 Å². The van der Waals surface area contributed by atoms with Gasteiger partial charge in [0.1, 0.15) is 0 Å². The van der Waals surface area contributed by atoms with Gasteiger partial charge in [0, 0.05) is 43.7 Å². The van der Waals surface area contributed by atoms with Crippen molar-refractivity contribution in [3.8, 4) is 11.3 Å². The number of hydrogen-bond donors (Lipinski definition) is 2. The Morgan fingerprint density at radius 3 is 2.28 bits per heavy atom. The third-order valence-electron chi connectivity index (χ3n) is 4.73. The van der Waals surface area contributed by atoms with Crippen molar-refractivity contribution in [2.24, 2.45) is 5.92 Å². The van der Waals surface area contributed by atoms with Crippen LogP contribution in [-0.2, 0) is 9.59 Å². The van der Waals surface area contributed by atoms with E-state index in [1.165, 1.54) is 11.3 Å². The first-order valence-corrected chi connectivity index (χ1v) is 10.9. The third-order valence-corrected chi connectivity index (χ3v) is 5.48. The maximum atomic E-state index is 12.4. The van der Waals surface area contributed by atoms with Crippen LogP contribution in [0.4, 0.5) is 5.13 Å². The van der Waals surface area contributed by atoms with Crippen molar-refractivity contribution in [2.75, 3.05) is 51.1 Å². The largest absolute Gasteiger partial charge is 0.355 e. The fourth-order valence-corrected chi connectivity index (χ4v) is 3.85. The summed E-state index contributed by atoms with van der Waals surface area (Å²) in [5.41, 5.74) is 1.91. The van der Waals surface area contributed by atoms with E-state index in [-0.39, 0.29) is 11.8 Å². The highest BCUT2D eigenvalue weighted by Gasteiger charge is 2.21. The van der Waals surface area contributed by atoms with Crippen LogP contribution in [0.5, 0.6) is 0 Å². The Hall–Kier alpha value is -2.29. The number of benzene rings is 1. The summed E-state index contributed by atoms with van der Waals surface area (Å²) in [7, 11) is 0. The molecule has 2 heterocycles. The second kappa shape index (κ2) is 10.5. The fraction of sp³-hybridized carbons (Fsp3) is 0.476. The lowest BCUT2D eigenvalue weighted by molar-refractivity contribution is -0.123. The van der Waals surface area contributed by atoms with E-state index in [0.717, 1.165) is 37.4 Å². The molecule has 1 saturated heterocycles. The SMILES string of the molecule is CC(C)CNC(=O)CN1CCN(CC(=O)Nc2nc(-c3ccccc3)cs2)CC1. The molecule has 0 bridgehead atoms. The van der Waals surface area contributed by atoms with Gasteiger partial charge in [-0.25, -0.2) is 4.98 Å². The molecule has 156 valence electrons. The number of carbonyl (C=O) groups is 2. The van der Waals surface area contributed by atoms with E-state index in [1.54, 1.807) is 0 Å². The molecule has 1 aromatic carbocycles. The van der Waals surface area contributed by atoms with Crippen molar-refractivity contribution in [1.29, 1.82) is 0 Å². The molecule has 0 radical (unpaired) electrons. The molecule has 1 aliphatic rings. The van der Waals surface area contributed by atoms with Gasteiger partial charge in [0.2, 0.25) is 11.8 Å². The quantitative estimate of drug-likeness (QED) is 0.691. The number of anilines is 1. The number of thiazole rings is 1. The zero-order valence-electron chi connectivity index (χ0n) is 17.1. The van der Waals surface area contributed by atoms with Gasteiger partial charge in [-0.15, -0.1) is 11.3 Å². The van der Waals surface area contributed by atoms with Gasteiger partial charge in [0.15, 0.2) is 5.13 Å². The minimum Gasteiger partial charge on any atom is -0.355 e. The van der Waals surface area contributed by atoms with Crippen LogP contribution in [0.15, 0.2) is 35.7 Å². The first-order chi connectivity index (χ1) is 14.0. The van der Waals surface area contributed by atoms with Crippen molar-refractivity contribution in [2.45, 2.75) is 13.8 Å². The average molecular weight is 416 g/mol. The van der Waals surface area contributed by atoms with Crippen LogP contribution >= 0.6 is 11.3 Å². The molecule has 1 aromatic heterocycles. The highest BCUT2D eigenvalue weighted by Crippen LogP contribution is 2.24. The predicted octanol–water partition coefficient (Wildman–Crippen LogP) is 2.14. The minimum absolute atomic E-state index is 0.0536. The second-order valence-electron chi connectivity index (χ2n) is 7.70. The highest BCUT2D eigenvalue weighted by molar-refractivity contribution is 7.14. The molecule has 0 unspecified atom stereocenters. The van der Waals surface area contributed by atoms with Crippen LogP contribution in [0.3, 0.4) is 0 Å². The van der Waals surface area contributed by atoms with E-state index in [9.17, 15) is 9.59 Å². The molecular weight excluding hydrogens is 386 g/mol. The molecular formula is C21H29N5O2S. The van der Waals surface area contributed by atoms with Gasteiger partial charge in [-0.05, 0) is 5.92 Å². The summed E-state index contributed by atoms with van der Waals surface area (Å²) in [6, 6.07) is 9.92. The smallest absolute Gasteiger partial charge is 0.240 e. The van der Waals surface area contributed by atoms with E-state index in [1.807, 2.05) is 35.7 Å². The van der Waals surface area contributed by atoms with Crippen LogP contribution < -0.4 is 10.6 Å². The molecule has 8 heteroatoms. The number of hydrogen-bond acceptors (Lipinski definition) is 6. The van der Waals surface area contributed by atoms with Crippen LogP contribution in [-0.4, -0.2) is 72.4 Å². The standard InChI is InChI=1S/C21H29N5O2S/c1-16(2)12-22-19(27)13-25-8-10-26(11-9-25)14-20(28)24-21-23-18(15-29-21)17-6-4-3-5-7-17/h3-7,15-16H,8-14H2,1-2H3,(H,22,27)(H,23,24,28). The van der Waals surface area contributed by atoms with E-state index in [2.05, 4.69) is 39.3 Å². The number of rotatable bonds is 8. The minimum atomic E-state index is -0.0536. The Morgan fingerprint density at radius 2 is 1.66 bits per heavy atom. The number of amides is 2. The van der Waals surface area contributed by atoms with Crippen LogP contribution in [0.25, 0.3) is 11.3 Å². The molecule has 2 N–H and O–H groups in total. The normalized spacial score (nSPS) is 15.4. The van der Waals surface area contributed by atoms with Crippen LogP contribution in [0, 0.1) is 5.92 Å². The summed E-state index contributed by atoms with van der Waals surface area (Å²) in [4.78, 5) is 33.1. The topological polar surface area (TPSA) is 77.6 Å². The predicted molar refractivity (Wildman–Crippen MR) is 117 cm³/mol. The van der Waals surface area contributed by atoms with Crippen molar-refractivity contribution < 1.29 is 9.59 Å². The van der Waals surface area contributed by atoms with Crippen molar-refractivity contribution >= 4 is 28.3 Å². The Kier molecular flexibility index (Phi) is 7.74. The number of piperazine rings is 1. The molecule has 3 rings (SSSR count).